The molecule has 0 aromatic heterocycles. The number of carbonyl (C=O) groups is 1. The molecule has 1 aromatic rings. The summed E-state index contributed by atoms with van der Waals surface area (Å²) in [5, 5.41) is 8.81. The second-order valence-corrected chi connectivity index (χ2v) is 4.50. The van der Waals surface area contributed by atoms with Crippen LogP contribution < -0.4 is 0 Å². The van der Waals surface area contributed by atoms with Crippen molar-refractivity contribution in [3.63, 3.8) is 0 Å². The lowest BCUT2D eigenvalue weighted by Crippen LogP contribution is -2.38. The summed E-state index contributed by atoms with van der Waals surface area (Å²) >= 11 is 0. The van der Waals surface area contributed by atoms with Gasteiger partial charge >= 0.3 is 5.97 Å². The van der Waals surface area contributed by atoms with E-state index in [4.69, 9.17) is 14.7 Å². The highest BCUT2D eigenvalue weighted by molar-refractivity contribution is 5.77. The molecule has 0 amide bonds. The molecule has 0 aliphatic carbocycles. The molecule has 5 heteroatoms. The number of hydrogen-bond donors (Lipinski definition) is 0. The van der Waals surface area contributed by atoms with Crippen LogP contribution in [0, 0.1) is 11.3 Å². The van der Waals surface area contributed by atoms with E-state index in [1.165, 1.54) is 0 Å². The predicted molar refractivity (Wildman–Crippen MR) is 79.5 cm³/mol. The van der Waals surface area contributed by atoms with Crippen molar-refractivity contribution >= 4 is 5.97 Å². The van der Waals surface area contributed by atoms with Crippen LogP contribution in [0.4, 0.5) is 0 Å². The van der Waals surface area contributed by atoms with Crippen molar-refractivity contribution in [2.45, 2.75) is 19.4 Å². The molecular weight excluding hydrogens is 268 g/mol. The minimum Gasteiger partial charge on any atom is -0.465 e. The van der Waals surface area contributed by atoms with Crippen molar-refractivity contribution in [2.75, 3.05) is 33.4 Å². The molecule has 0 radical (unpaired) electrons. The average Bonchev–Trinajstić information content (AvgIpc) is 2.51. The number of hydrogen-bond acceptors (Lipinski definition) is 5. The van der Waals surface area contributed by atoms with Crippen LogP contribution in [0.5, 0.6) is 0 Å². The maximum absolute atomic E-state index is 12.3. The summed E-state index contributed by atoms with van der Waals surface area (Å²) in [7, 11) is 1.62. The monoisotopic (exact) mass is 290 g/mol. The van der Waals surface area contributed by atoms with Gasteiger partial charge in [0.15, 0.2) is 0 Å². The second-order valence-electron chi connectivity index (χ2n) is 4.50. The van der Waals surface area contributed by atoms with Crippen LogP contribution in [0.3, 0.4) is 0 Å². The summed E-state index contributed by atoms with van der Waals surface area (Å²) in [6, 6.07) is 11.1. The highest BCUT2D eigenvalue weighted by Gasteiger charge is 2.28. The summed E-state index contributed by atoms with van der Waals surface area (Å²) in [4.78, 5) is 14.3. The lowest BCUT2D eigenvalue weighted by atomic mass is 10.0. The predicted octanol–water partition coefficient (Wildman–Crippen LogP) is 2.15. The van der Waals surface area contributed by atoms with Gasteiger partial charge in [0.1, 0.15) is 6.04 Å². The Labute approximate surface area is 126 Å². The summed E-state index contributed by atoms with van der Waals surface area (Å²) < 4.78 is 10.3. The van der Waals surface area contributed by atoms with Gasteiger partial charge in [0, 0.05) is 26.6 Å². The first-order valence-corrected chi connectivity index (χ1v) is 7.06. The number of ether oxygens (including phenoxy) is 2. The average molecular weight is 290 g/mol. The molecule has 21 heavy (non-hydrogen) atoms. The topological polar surface area (TPSA) is 62.6 Å². The molecular formula is C16H22N2O3. The van der Waals surface area contributed by atoms with E-state index in [1.54, 1.807) is 14.0 Å². The summed E-state index contributed by atoms with van der Waals surface area (Å²) in [6.45, 7) is 3.68. The fraction of sp³-hybridized carbons (Fsp3) is 0.500. The third kappa shape index (κ3) is 5.54. The van der Waals surface area contributed by atoms with Crippen LogP contribution in [-0.2, 0) is 14.3 Å². The Morgan fingerprint density at radius 3 is 2.62 bits per heavy atom. The Kier molecular flexibility index (Phi) is 8.10. The number of methoxy groups -OCH3 is 1. The fourth-order valence-corrected chi connectivity index (χ4v) is 2.12. The molecule has 0 aliphatic rings. The smallest absolute Gasteiger partial charge is 0.328 e. The quantitative estimate of drug-likeness (QED) is 0.652. The molecule has 0 bridgehead atoms. The van der Waals surface area contributed by atoms with Crippen LogP contribution in [0.15, 0.2) is 30.3 Å². The normalized spacial score (nSPS) is 11.9. The molecule has 1 rings (SSSR count). The van der Waals surface area contributed by atoms with E-state index in [2.05, 4.69) is 6.07 Å². The minimum absolute atomic E-state index is 0.294. The van der Waals surface area contributed by atoms with Crippen molar-refractivity contribution in [3.8, 4) is 6.07 Å². The van der Waals surface area contributed by atoms with Crippen LogP contribution in [0.25, 0.3) is 0 Å². The number of nitrogens with zero attached hydrogens (tertiary/aromatic N) is 2. The molecule has 0 saturated heterocycles. The van der Waals surface area contributed by atoms with Crippen LogP contribution in [-0.4, -0.2) is 44.3 Å². The molecule has 1 aromatic carbocycles. The molecule has 0 spiro atoms. The van der Waals surface area contributed by atoms with Gasteiger partial charge in [-0.2, -0.15) is 5.26 Å². The maximum Gasteiger partial charge on any atom is 0.328 e. The molecule has 114 valence electrons. The van der Waals surface area contributed by atoms with Crippen LogP contribution in [0.2, 0.25) is 0 Å². The summed E-state index contributed by atoms with van der Waals surface area (Å²) in [5.74, 6) is -0.294. The van der Waals surface area contributed by atoms with Crippen molar-refractivity contribution in [3.05, 3.63) is 35.9 Å². The van der Waals surface area contributed by atoms with Gasteiger partial charge in [0.2, 0.25) is 0 Å². The molecule has 0 fully saturated rings. The van der Waals surface area contributed by atoms with E-state index in [0.717, 1.165) is 5.56 Å². The van der Waals surface area contributed by atoms with E-state index in [-0.39, 0.29) is 5.97 Å². The van der Waals surface area contributed by atoms with Crippen LogP contribution >= 0.6 is 0 Å². The van der Waals surface area contributed by atoms with Gasteiger partial charge in [-0.15, -0.1) is 0 Å². The largest absolute Gasteiger partial charge is 0.465 e. The highest BCUT2D eigenvalue weighted by atomic mass is 16.5. The molecule has 0 saturated carbocycles. The van der Waals surface area contributed by atoms with E-state index in [9.17, 15) is 4.79 Å². The van der Waals surface area contributed by atoms with Gasteiger partial charge in [0.25, 0.3) is 0 Å². The Morgan fingerprint density at radius 2 is 2.05 bits per heavy atom. The molecule has 5 nitrogen and oxygen atoms in total. The van der Waals surface area contributed by atoms with Crippen molar-refractivity contribution < 1.29 is 14.3 Å². The number of carbonyl (C=O) groups excluding carboxylic acids is 1. The van der Waals surface area contributed by atoms with Gasteiger partial charge < -0.3 is 9.47 Å². The third-order valence-electron chi connectivity index (χ3n) is 3.08. The zero-order valence-corrected chi connectivity index (χ0v) is 12.6. The molecule has 0 aliphatic heterocycles. The van der Waals surface area contributed by atoms with Gasteiger partial charge in [-0.1, -0.05) is 30.3 Å². The van der Waals surface area contributed by atoms with Crippen LogP contribution in [0.1, 0.15) is 24.9 Å². The van der Waals surface area contributed by atoms with Gasteiger partial charge in [-0.05, 0) is 12.5 Å². The lowest BCUT2D eigenvalue weighted by molar-refractivity contribution is -0.150. The van der Waals surface area contributed by atoms with E-state index >= 15 is 0 Å². The first kappa shape index (κ1) is 17.2. The van der Waals surface area contributed by atoms with Gasteiger partial charge in [-0.3, -0.25) is 4.90 Å². The first-order valence-electron chi connectivity index (χ1n) is 7.06. The maximum atomic E-state index is 12.3. The standard InChI is InChI=1S/C16H22N2O3/c1-3-21-16(19)15(14-8-5-4-6-9-14)18(11-7-10-17)12-13-20-2/h4-6,8-9,15H,3,7,11-13H2,1-2H3. The van der Waals surface area contributed by atoms with Crippen molar-refractivity contribution in [2.24, 2.45) is 0 Å². The SMILES string of the molecule is CCOC(=O)C(c1ccccc1)N(CCC#N)CCOC. The van der Waals surface area contributed by atoms with E-state index < -0.39 is 6.04 Å². The Bertz CT molecular complexity index is 456. The van der Waals surface area contributed by atoms with E-state index in [1.807, 2.05) is 35.2 Å². The van der Waals surface area contributed by atoms with Crippen molar-refractivity contribution in [1.82, 2.24) is 4.90 Å². The second kappa shape index (κ2) is 9.92. The Morgan fingerprint density at radius 1 is 1.33 bits per heavy atom. The minimum atomic E-state index is -0.505. The third-order valence-corrected chi connectivity index (χ3v) is 3.08. The number of rotatable bonds is 9. The molecule has 1 atom stereocenters. The molecule has 0 heterocycles. The Hall–Kier alpha value is -1.90. The first-order chi connectivity index (χ1) is 10.2. The van der Waals surface area contributed by atoms with E-state index in [0.29, 0.717) is 32.7 Å². The molecule has 0 N–H and O–H groups in total. The number of esters is 1. The zero-order chi connectivity index (χ0) is 15.5. The fourth-order valence-electron chi connectivity index (χ4n) is 2.12. The van der Waals surface area contributed by atoms with Crippen molar-refractivity contribution in [1.29, 1.82) is 5.26 Å². The Balaban J connectivity index is 2.99. The van der Waals surface area contributed by atoms with Gasteiger partial charge in [0.05, 0.1) is 19.3 Å². The van der Waals surface area contributed by atoms with Gasteiger partial charge in [-0.25, -0.2) is 4.79 Å². The summed E-state index contributed by atoms with van der Waals surface area (Å²) in [5.41, 5.74) is 0.866. The zero-order valence-electron chi connectivity index (χ0n) is 12.6. The summed E-state index contributed by atoms with van der Waals surface area (Å²) in [6.07, 6.45) is 0.354. The highest BCUT2D eigenvalue weighted by Crippen LogP contribution is 2.22. The number of nitriles is 1. The number of benzene rings is 1. The molecule has 1 unspecified atom stereocenters. The lowest BCUT2D eigenvalue weighted by Gasteiger charge is -2.29.